The van der Waals surface area contributed by atoms with Gasteiger partial charge in [0.05, 0.1) is 13.2 Å². The van der Waals surface area contributed by atoms with Crippen LogP contribution in [0.25, 0.3) is 0 Å². The fourth-order valence-electron chi connectivity index (χ4n) is 0.880. The van der Waals surface area contributed by atoms with Crippen LogP contribution < -0.4 is 5.32 Å². The van der Waals surface area contributed by atoms with Crippen LogP contribution in [0.3, 0.4) is 0 Å². The van der Waals surface area contributed by atoms with Crippen LogP contribution in [0, 0.1) is 0 Å². The van der Waals surface area contributed by atoms with E-state index in [1.165, 1.54) is 6.42 Å². The second-order valence-electron chi connectivity index (χ2n) is 2.94. The fourth-order valence-corrected chi connectivity index (χ4v) is 0.880. The minimum atomic E-state index is 0.594. The van der Waals surface area contributed by atoms with Crippen molar-refractivity contribution in [3.8, 4) is 0 Å². The molecular formula is C9H21NO2. The smallest absolute Gasteiger partial charge is 0.0700 e. The van der Waals surface area contributed by atoms with Gasteiger partial charge in [-0.1, -0.05) is 0 Å². The van der Waals surface area contributed by atoms with Crippen molar-refractivity contribution in [2.75, 3.05) is 34.0 Å². The molecule has 3 heteroatoms. The highest BCUT2D eigenvalue weighted by Crippen LogP contribution is 1.95. The van der Waals surface area contributed by atoms with Gasteiger partial charge in [0.15, 0.2) is 0 Å². The summed E-state index contributed by atoms with van der Waals surface area (Å²) in [7, 11) is 3.67. The molecule has 74 valence electrons. The van der Waals surface area contributed by atoms with Gasteiger partial charge >= 0.3 is 0 Å². The van der Waals surface area contributed by atoms with E-state index in [1.54, 1.807) is 7.11 Å². The van der Waals surface area contributed by atoms with Gasteiger partial charge in [-0.25, -0.2) is 0 Å². The summed E-state index contributed by atoms with van der Waals surface area (Å²) in [6.45, 7) is 4.43. The van der Waals surface area contributed by atoms with Crippen LogP contribution in [0.5, 0.6) is 0 Å². The molecule has 0 fully saturated rings. The second kappa shape index (κ2) is 8.97. The number of methoxy groups -OCH3 is 1. The summed E-state index contributed by atoms with van der Waals surface area (Å²) in [4.78, 5) is 0. The van der Waals surface area contributed by atoms with E-state index in [1.807, 2.05) is 7.05 Å². The Hall–Kier alpha value is -0.120. The highest BCUT2D eigenvalue weighted by atomic mass is 16.5. The minimum Gasteiger partial charge on any atom is -0.382 e. The van der Waals surface area contributed by atoms with Gasteiger partial charge in [-0.2, -0.15) is 0 Å². The molecule has 0 heterocycles. The van der Waals surface area contributed by atoms with Crippen molar-refractivity contribution in [1.29, 1.82) is 0 Å². The van der Waals surface area contributed by atoms with Crippen LogP contribution in [0.4, 0.5) is 0 Å². The molecule has 0 aromatic heterocycles. The molecule has 1 unspecified atom stereocenters. The van der Waals surface area contributed by atoms with Crippen LogP contribution in [0.15, 0.2) is 0 Å². The Balaban J connectivity index is 2.90. The summed E-state index contributed by atoms with van der Waals surface area (Å²) in [6.07, 6.45) is 2.29. The maximum Gasteiger partial charge on any atom is 0.0700 e. The molecule has 0 amide bonds. The third kappa shape index (κ3) is 7.98. The molecule has 12 heavy (non-hydrogen) atoms. The number of hydrogen-bond donors (Lipinski definition) is 1. The molecule has 0 saturated heterocycles. The monoisotopic (exact) mass is 175 g/mol. The van der Waals surface area contributed by atoms with E-state index in [0.717, 1.165) is 13.0 Å². The molecule has 3 nitrogen and oxygen atoms in total. The molecule has 0 aromatic rings. The van der Waals surface area contributed by atoms with E-state index >= 15 is 0 Å². The van der Waals surface area contributed by atoms with E-state index in [0.29, 0.717) is 19.3 Å². The van der Waals surface area contributed by atoms with Gasteiger partial charge < -0.3 is 14.8 Å². The van der Waals surface area contributed by atoms with Gasteiger partial charge in [0, 0.05) is 19.8 Å². The lowest BCUT2D eigenvalue weighted by Gasteiger charge is -2.09. The van der Waals surface area contributed by atoms with Crippen molar-refractivity contribution >= 4 is 0 Å². The second-order valence-corrected chi connectivity index (χ2v) is 2.94. The zero-order valence-electron chi connectivity index (χ0n) is 8.43. The topological polar surface area (TPSA) is 30.5 Å². The summed E-state index contributed by atoms with van der Waals surface area (Å²) in [6, 6.07) is 0.594. The SMILES string of the molecule is CNC(C)CCCOCCOC. The highest BCUT2D eigenvalue weighted by Gasteiger charge is 1.96. The number of rotatable bonds is 8. The zero-order valence-corrected chi connectivity index (χ0v) is 8.43. The average Bonchev–Trinajstić information content (AvgIpc) is 2.10. The van der Waals surface area contributed by atoms with E-state index in [2.05, 4.69) is 12.2 Å². The zero-order chi connectivity index (χ0) is 9.23. The first kappa shape index (κ1) is 11.9. The average molecular weight is 175 g/mol. The molecule has 0 aliphatic rings. The molecule has 0 spiro atoms. The Morgan fingerprint density at radius 3 is 2.58 bits per heavy atom. The first-order valence-electron chi connectivity index (χ1n) is 4.55. The van der Waals surface area contributed by atoms with E-state index < -0.39 is 0 Å². The van der Waals surface area contributed by atoms with Gasteiger partial charge in [0.25, 0.3) is 0 Å². The summed E-state index contributed by atoms with van der Waals surface area (Å²) >= 11 is 0. The Kier molecular flexibility index (Phi) is 8.88. The summed E-state index contributed by atoms with van der Waals surface area (Å²) in [5, 5.41) is 3.19. The Morgan fingerprint density at radius 1 is 1.25 bits per heavy atom. The quantitative estimate of drug-likeness (QED) is 0.559. The van der Waals surface area contributed by atoms with Crippen LogP contribution in [-0.2, 0) is 9.47 Å². The molecule has 1 N–H and O–H groups in total. The number of hydrogen-bond acceptors (Lipinski definition) is 3. The summed E-state index contributed by atoms with van der Waals surface area (Å²) in [5.41, 5.74) is 0. The lowest BCUT2D eigenvalue weighted by atomic mass is 10.2. The maximum absolute atomic E-state index is 5.32. The van der Waals surface area contributed by atoms with Crippen molar-refractivity contribution in [2.24, 2.45) is 0 Å². The van der Waals surface area contributed by atoms with Gasteiger partial charge in [-0.05, 0) is 26.8 Å². The third-order valence-electron chi connectivity index (χ3n) is 1.85. The molecule has 0 aliphatic heterocycles. The van der Waals surface area contributed by atoms with Crippen LogP contribution in [-0.4, -0.2) is 40.0 Å². The number of ether oxygens (including phenoxy) is 2. The van der Waals surface area contributed by atoms with Crippen LogP contribution in [0.2, 0.25) is 0 Å². The predicted octanol–water partition coefficient (Wildman–Crippen LogP) is 1.04. The molecule has 0 aliphatic carbocycles. The molecule has 0 bridgehead atoms. The molecular weight excluding hydrogens is 154 g/mol. The van der Waals surface area contributed by atoms with Crippen molar-refractivity contribution in [2.45, 2.75) is 25.8 Å². The van der Waals surface area contributed by atoms with Crippen LogP contribution in [0.1, 0.15) is 19.8 Å². The Morgan fingerprint density at radius 2 is 2.00 bits per heavy atom. The van der Waals surface area contributed by atoms with Crippen molar-refractivity contribution < 1.29 is 9.47 Å². The Labute approximate surface area is 75.4 Å². The summed E-state index contributed by atoms with van der Waals surface area (Å²) in [5.74, 6) is 0. The molecule has 0 saturated carbocycles. The summed E-state index contributed by atoms with van der Waals surface area (Å²) < 4.78 is 10.2. The molecule has 0 radical (unpaired) electrons. The van der Waals surface area contributed by atoms with Gasteiger partial charge in [-0.15, -0.1) is 0 Å². The normalized spacial score (nSPS) is 13.2. The van der Waals surface area contributed by atoms with Crippen molar-refractivity contribution in [3.05, 3.63) is 0 Å². The first-order valence-corrected chi connectivity index (χ1v) is 4.55. The van der Waals surface area contributed by atoms with E-state index in [4.69, 9.17) is 9.47 Å². The maximum atomic E-state index is 5.32. The highest BCUT2D eigenvalue weighted by molar-refractivity contribution is 4.55. The minimum absolute atomic E-state index is 0.594. The van der Waals surface area contributed by atoms with Gasteiger partial charge in [0.1, 0.15) is 0 Å². The molecule has 0 rings (SSSR count). The fraction of sp³-hybridized carbons (Fsp3) is 1.00. The lowest BCUT2D eigenvalue weighted by molar-refractivity contribution is 0.0680. The first-order chi connectivity index (χ1) is 5.81. The van der Waals surface area contributed by atoms with Gasteiger partial charge in [-0.3, -0.25) is 0 Å². The Bertz CT molecular complexity index is 88.6. The van der Waals surface area contributed by atoms with E-state index in [9.17, 15) is 0 Å². The van der Waals surface area contributed by atoms with Gasteiger partial charge in [0.2, 0.25) is 0 Å². The number of nitrogens with one attached hydrogen (secondary N) is 1. The van der Waals surface area contributed by atoms with Crippen molar-refractivity contribution in [3.63, 3.8) is 0 Å². The van der Waals surface area contributed by atoms with Crippen molar-refractivity contribution in [1.82, 2.24) is 5.32 Å². The molecule has 0 aromatic carbocycles. The molecule has 1 atom stereocenters. The lowest BCUT2D eigenvalue weighted by Crippen LogP contribution is -2.21. The largest absolute Gasteiger partial charge is 0.382 e. The standard InChI is InChI=1S/C9H21NO2/c1-9(10-2)5-4-6-12-8-7-11-3/h9-10H,4-8H2,1-3H3. The van der Waals surface area contributed by atoms with Crippen LogP contribution >= 0.6 is 0 Å². The third-order valence-corrected chi connectivity index (χ3v) is 1.85. The van der Waals surface area contributed by atoms with E-state index in [-0.39, 0.29) is 0 Å². The predicted molar refractivity (Wildman–Crippen MR) is 50.5 cm³/mol.